The van der Waals surface area contributed by atoms with Gasteiger partial charge in [0.25, 0.3) is 5.91 Å². The Balaban J connectivity index is 1.41. The molecule has 0 aliphatic heterocycles. The lowest BCUT2D eigenvalue weighted by Gasteiger charge is -2.12. The first-order valence-corrected chi connectivity index (χ1v) is 11.0. The molecule has 0 unspecified atom stereocenters. The van der Waals surface area contributed by atoms with E-state index in [2.05, 4.69) is 15.5 Å². The first-order valence-electron chi connectivity index (χ1n) is 10.2. The lowest BCUT2D eigenvalue weighted by molar-refractivity contribution is 0.102. The summed E-state index contributed by atoms with van der Waals surface area (Å²) in [6, 6.07) is 11.4. The molecule has 33 heavy (non-hydrogen) atoms. The van der Waals surface area contributed by atoms with E-state index in [-0.39, 0.29) is 18.3 Å². The second-order valence-electron chi connectivity index (χ2n) is 7.35. The first-order chi connectivity index (χ1) is 15.9. The molecule has 170 valence electrons. The number of carbonyl (C=O) groups is 1. The molecule has 2 heterocycles. The molecule has 4 aromatic rings. The molecule has 0 saturated heterocycles. The van der Waals surface area contributed by atoms with Crippen LogP contribution < -0.4 is 14.8 Å². The Morgan fingerprint density at radius 2 is 2.03 bits per heavy atom. The number of thiazole rings is 1. The molecule has 0 aliphatic carbocycles. The quantitative estimate of drug-likeness (QED) is 0.378. The number of carbonyl (C=O) groups excluding carboxylic acids is 1. The van der Waals surface area contributed by atoms with Crippen molar-refractivity contribution in [1.82, 2.24) is 10.1 Å². The summed E-state index contributed by atoms with van der Waals surface area (Å²) in [5.74, 6) is 1.03. The Labute approximate surface area is 194 Å². The van der Waals surface area contributed by atoms with Gasteiger partial charge in [-0.15, -0.1) is 11.3 Å². The number of nitrogens with zero attached hydrogens (tertiary/aromatic N) is 2. The minimum absolute atomic E-state index is 0.274. The van der Waals surface area contributed by atoms with E-state index in [0.717, 1.165) is 21.7 Å². The monoisotopic (exact) mass is 467 g/mol. The van der Waals surface area contributed by atoms with Crippen LogP contribution in [0.4, 0.5) is 9.52 Å². The predicted octanol–water partition coefficient (Wildman–Crippen LogP) is 5.32. The van der Waals surface area contributed by atoms with Gasteiger partial charge in [0.15, 0.2) is 16.6 Å². The minimum atomic E-state index is -0.322. The number of rotatable bonds is 8. The van der Waals surface area contributed by atoms with E-state index >= 15 is 0 Å². The van der Waals surface area contributed by atoms with Gasteiger partial charge in [-0.1, -0.05) is 17.3 Å². The van der Waals surface area contributed by atoms with E-state index in [4.69, 9.17) is 14.0 Å². The smallest absolute Gasteiger partial charge is 0.257 e. The van der Waals surface area contributed by atoms with Crippen LogP contribution in [0.15, 0.2) is 53.2 Å². The largest absolute Gasteiger partial charge is 0.493 e. The molecular formula is C24H22FN3O4S. The Morgan fingerprint density at radius 1 is 1.18 bits per heavy atom. The molecule has 0 radical (unpaired) electrons. The van der Waals surface area contributed by atoms with Gasteiger partial charge in [-0.2, -0.15) is 0 Å². The number of aryl methyl sites for hydroxylation is 2. The van der Waals surface area contributed by atoms with E-state index < -0.39 is 0 Å². The van der Waals surface area contributed by atoms with Crippen LogP contribution in [-0.2, 0) is 13.0 Å². The molecule has 9 heteroatoms. The molecular weight excluding hydrogens is 445 g/mol. The topological polar surface area (TPSA) is 86.5 Å². The second kappa shape index (κ2) is 9.83. The third-order valence-electron chi connectivity index (χ3n) is 5.02. The number of methoxy groups -OCH3 is 1. The van der Waals surface area contributed by atoms with Crippen molar-refractivity contribution in [3.63, 3.8) is 0 Å². The summed E-state index contributed by atoms with van der Waals surface area (Å²) in [6.45, 7) is 3.95. The van der Waals surface area contributed by atoms with Crippen molar-refractivity contribution in [3.8, 4) is 11.5 Å². The van der Waals surface area contributed by atoms with Crippen LogP contribution in [0, 0.1) is 19.7 Å². The molecule has 0 atom stereocenters. The fraction of sp³-hybridized carbons (Fsp3) is 0.208. The van der Waals surface area contributed by atoms with E-state index in [1.54, 1.807) is 30.5 Å². The maximum absolute atomic E-state index is 13.4. The molecule has 7 nitrogen and oxygen atoms in total. The number of ether oxygens (including phenoxy) is 2. The summed E-state index contributed by atoms with van der Waals surface area (Å²) >= 11 is 1.34. The maximum atomic E-state index is 13.4. The Bertz CT molecular complexity index is 1260. The summed E-state index contributed by atoms with van der Waals surface area (Å²) in [5.41, 5.74) is 2.88. The van der Waals surface area contributed by atoms with E-state index in [9.17, 15) is 9.18 Å². The molecule has 0 fully saturated rings. The number of halogens is 1. The predicted molar refractivity (Wildman–Crippen MR) is 123 cm³/mol. The third kappa shape index (κ3) is 5.38. The summed E-state index contributed by atoms with van der Waals surface area (Å²) in [6.07, 6.45) is 2.22. The molecule has 1 amide bonds. The lowest BCUT2D eigenvalue weighted by Crippen LogP contribution is -2.12. The molecule has 2 aromatic carbocycles. The van der Waals surface area contributed by atoms with Crippen LogP contribution in [0.3, 0.4) is 0 Å². The van der Waals surface area contributed by atoms with E-state index in [0.29, 0.717) is 34.4 Å². The molecule has 0 spiro atoms. The SMILES string of the molecule is COc1cc(C(=O)Nc2ncc(Cc3cccc(F)c3)s2)ccc1OCc1c(C)noc1C. The van der Waals surface area contributed by atoms with Gasteiger partial charge < -0.3 is 14.0 Å². The number of anilines is 1. The van der Waals surface area contributed by atoms with Gasteiger partial charge in [0.1, 0.15) is 18.2 Å². The van der Waals surface area contributed by atoms with Gasteiger partial charge in [-0.25, -0.2) is 9.37 Å². The number of hydrogen-bond donors (Lipinski definition) is 1. The molecule has 0 bridgehead atoms. The Hall–Kier alpha value is -3.72. The fourth-order valence-corrected chi connectivity index (χ4v) is 4.09. The third-order valence-corrected chi connectivity index (χ3v) is 5.93. The van der Waals surface area contributed by atoms with Crippen molar-refractivity contribution in [1.29, 1.82) is 0 Å². The number of hydrogen-bond acceptors (Lipinski definition) is 7. The van der Waals surface area contributed by atoms with Crippen LogP contribution in [0.5, 0.6) is 11.5 Å². The van der Waals surface area contributed by atoms with Crippen molar-refractivity contribution in [3.05, 3.63) is 87.5 Å². The number of benzene rings is 2. The standard InChI is InChI=1S/C24H22FN3O4S/c1-14-20(15(2)32-28-14)13-31-21-8-7-17(11-22(21)30-3)23(29)27-24-26-12-19(33-24)10-16-5-4-6-18(25)9-16/h4-9,11-12H,10,13H2,1-3H3,(H,26,27,29). The average Bonchev–Trinajstić information content (AvgIpc) is 3.37. The number of amides is 1. The highest BCUT2D eigenvalue weighted by atomic mass is 32.1. The molecule has 0 aliphatic rings. The van der Waals surface area contributed by atoms with Crippen molar-refractivity contribution < 1.29 is 23.2 Å². The molecule has 0 saturated carbocycles. The van der Waals surface area contributed by atoms with Crippen molar-refractivity contribution >= 4 is 22.4 Å². The highest BCUT2D eigenvalue weighted by Crippen LogP contribution is 2.30. The zero-order valence-corrected chi connectivity index (χ0v) is 19.2. The van der Waals surface area contributed by atoms with Crippen LogP contribution >= 0.6 is 11.3 Å². The Kier molecular flexibility index (Phi) is 6.69. The van der Waals surface area contributed by atoms with Crippen LogP contribution in [0.25, 0.3) is 0 Å². The molecule has 1 N–H and O–H groups in total. The van der Waals surface area contributed by atoms with Crippen LogP contribution in [0.2, 0.25) is 0 Å². The summed E-state index contributed by atoms with van der Waals surface area (Å²) < 4.78 is 29.8. The first kappa shape index (κ1) is 22.5. The van der Waals surface area contributed by atoms with Gasteiger partial charge >= 0.3 is 0 Å². The van der Waals surface area contributed by atoms with Crippen molar-refractivity contribution in [2.24, 2.45) is 0 Å². The van der Waals surface area contributed by atoms with Crippen LogP contribution in [0.1, 0.15) is 37.8 Å². The zero-order chi connectivity index (χ0) is 23.4. The maximum Gasteiger partial charge on any atom is 0.257 e. The average molecular weight is 468 g/mol. The Morgan fingerprint density at radius 3 is 2.76 bits per heavy atom. The number of aromatic nitrogens is 2. The van der Waals surface area contributed by atoms with Crippen LogP contribution in [-0.4, -0.2) is 23.2 Å². The van der Waals surface area contributed by atoms with Gasteiger partial charge in [0.05, 0.1) is 18.4 Å². The minimum Gasteiger partial charge on any atom is -0.493 e. The van der Waals surface area contributed by atoms with Gasteiger partial charge in [-0.05, 0) is 49.7 Å². The van der Waals surface area contributed by atoms with E-state index in [1.165, 1.54) is 30.6 Å². The number of nitrogens with one attached hydrogen (secondary N) is 1. The highest BCUT2D eigenvalue weighted by molar-refractivity contribution is 7.15. The molecule has 2 aromatic heterocycles. The summed E-state index contributed by atoms with van der Waals surface area (Å²) in [4.78, 5) is 17.9. The summed E-state index contributed by atoms with van der Waals surface area (Å²) in [7, 11) is 1.51. The fourth-order valence-electron chi connectivity index (χ4n) is 3.25. The second-order valence-corrected chi connectivity index (χ2v) is 8.46. The normalized spacial score (nSPS) is 10.8. The van der Waals surface area contributed by atoms with E-state index in [1.807, 2.05) is 19.9 Å². The lowest BCUT2D eigenvalue weighted by atomic mass is 10.1. The van der Waals surface area contributed by atoms with Gasteiger partial charge in [0.2, 0.25) is 0 Å². The van der Waals surface area contributed by atoms with Crippen molar-refractivity contribution in [2.75, 3.05) is 12.4 Å². The van der Waals surface area contributed by atoms with Gasteiger partial charge in [-0.3, -0.25) is 10.1 Å². The molecule has 4 rings (SSSR count). The summed E-state index contributed by atoms with van der Waals surface area (Å²) in [5, 5.41) is 7.17. The highest BCUT2D eigenvalue weighted by Gasteiger charge is 2.15. The zero-order valence-electron chi connectivity index (χ0n) is 18.3. The van der Waals surface area contributed by atoms with Crippen molar-refractivity contribution in [2.45, 2.75) is 26.9 Å². The van der Waals surface area contributed by atoms with Gasteiger partial charge in [0, 0.05) is 23.1 Å².